The maximum atomic E-state index is 11.0. The number of carbonyl (C=O) groups excluding carboxylic acids is 1. The lowest BCUT2D eigenvalue weighted by Crippen LogP contribution is -2.22. The molecule has 0 bridgehead atoms. The van der Waals surface area contributed by atoms with Crippen molar-refractivity contribution in [2.75, 3.05) is 13.2 Å². The van der Waals surface area contributed by atoms with Crippen molar-refractivity contribution < 1.29 is 25.0 Å². The highest BCUT2D eigenvalue weighted by Gasteiger charge is 2.27. The fourth-order valence-electron chi connectivity index (χ4n) is 1.79. The van der Waals surface area contributed by atoms with E-state index in [0.717, 1.165) is 6.08 Å². The van der Waals surface area contributed by atoms with Gasteiger partial charge in [0, 0.05) is 11.5 Å². The maximum Gasteiger partial charge on any atom is 0.267 e. The second-order valence-electron chi connectivity index (χ2n) is 5.18. The number of hydrogen-bond acceptors (Lipinski definition) is 5. The first-order valence-corrected chi connectivity index (χ1v) is 6.55. The highest BCUT2D eigenvalue weighted by Crippen LogP contribution is 2.35. The van der Waals surface area contributed by atoms with Gasteiger partial charge in [-0.1, -0.05) is 32.1 Å². The molecule has 0 heterocycles. The molecule has 1 aromatic carbocycles. The molecule has 1 rings (SSSR count). The summed E-state index contributed by atoms with van der Waals surface area (Å²) in [6, 6.07) is 6.90. The Morgan fingerprint density at radius 3 is 2.81 bits per heavy atom. The Morgan fingerprint density at radius 2 is 2.19 bits per heavy atom. The number of rotatable bonds is 7. The van der Waals surface area contributed by atoms with Gasteiger partial charge in [-0.15, -0.1) is 0 Å². The first-order valence-electron chi connectivity index (χ1n) is 6.55. The summed E-state index contributed by atoms with van der Waals surface area (Å²) in [7, 11) is 0. The molecule has 0 saturated carbocycles. The number of nitrogens with one attached hydrogen (secondary N) is 1. The molecule has 116 valence electrons. The minimum Gasteiger partial charge on any atom is -0.491 e. The smallest absolute Gasteiger partial charge is 0.267 e. The van der Waals surface area contributed by atoms with Gasteiger partial charge in [-0.25, -0.2) is 5.48 Å². The minimum absolute atomic E-state index is 0.0860. The molecule has 1 aromatic rings. The molecule has 0 spiro atoms. The van der Waals surface area contributed by atoms with Crippen molar-refractivity contribution in [3.05, 3.63) is 42.0 Å². The van der Waals surface area contributed by atoms with E-state index < -0.39 is 17.4 Å². The summed E-state index contributed by atoms with van der Waals surface area (Å²) < 4.78 is 5.30. The number of ether oxygens (including phenoxy) is 1. The van der Waals surface area contributed by atoms with Gasteiger partial charge in [0.2, 0.25) is 0 Å². The molecule has 0 fully saturated rings. The molecule has 0 aliphatic heterocycles. The van der Waals surface area contributed by atoms with E-state index in [4.69, 9.17) is 15.1 Å². The van der Waals surface area contributed by atoms with Crippen LogP contribution in [0.5, 0.6) is 5.75 Å². The Hall–Kier alpha value is -1.89. The number of carbonyl (C=O) groups is 1. The molecule has 0 radical (unpaired) electrons. The first kappa shape index (κ1) is 17.2. The van der Waals surface area contributed by atoms with Crippen LogP contribution in [-0.4, -0.2) is 34.5 Å². The predicted molar refractivity (Wildman–Crippen MR) is 76.8 cm³/mol. The summed E-state index contributed by atoms with van der Waals surface area (Å²) in [6.07, 6.45) is 1.82. The van der Waals surface area contributed by atoms with Crippen LogP contribution in [0.25, 0.3) is 0 Å². The average Bonchev–Trinajstić information content (AvgIpc) is 2.50. The van der Waals surface area contributed by atoms with Crippen molar-refractivity contribution in [2.45, 2.75) is 20.0 Å². The zero-order chi connectivity index (χ0) is 15.9. The number of hydrogen-bond donors (Lipinski definition) is 4. The third-order valence-electron chi connectivity index (χ3n) is 3.01. The van der Waals surface area contributed by atoms with E-state index in [1.54, 1.807) is 38.1 Å². The predicted octanol–water partition coefficient (Wildman–Crippen LogP) is 1.18. The topological polar surface area (TPSA) is 99.0 Å². The van der Waals surface area contributed by atoms with E-state index in [1.807, 2.05) is 0 Å². The van der Waals surface area contributed by atoms with Crippen LogP contribution in [0.4, 0.5) is 0 Å². The highest BCUT2D eigenvalue weighted by molar-refractivity contribution is 5.86. The molecule has 4 N–H and O–H groups in total. The number of hydroxylamine groups is 1. The lowest BCUT2D eigenvalue weighted by atomic mass is 9.82. The fraction of sp³-hybridized carbons (Fsp3) is 0.400. The van der Waals surface area contributed by atoms with Gasteiger partial charge >= 0.3 is 0 Å². The lowest BCUT2D eigenvalue weighted by molar-refractivity contribution is -0.124. The van der Waals surface area contributed by atoms with Crippen molar-refractivity contribution in [1.29, 1.82) is 0 Å². The van der Waals surface area contributed by atoms with Gasteiger partial charge in [-0.2, -0.15) is 0 Å². The van der Waals surface area contributed by atoms with Gasteiger partial charge in [-0.05, 0) is 17.7 Å². The third-order valence-corrected chi connectivity index (χ3v) is 3.01. The Kier molecular flexibility index (Phi) is 6.36. The molecule has 6 nitrogen and oxygen atoms in total. The monoisotopic (exact) mass is 295 g/mol. The van der Waals surface area contributed by atoms with Crippen molar-refractivity contribution in [3.8, 4) is 5.75 Å². The fourth-order valence-corrected chi connectivity index (χ4v) is 1.79. The number of aliphatic hydroxyl groups is 2. The van der Waals surface area contributed by atoms with Crippen LogP contribution in [0.1, 0.15) is 25.5 Å². The van der Waals surface area contributed by atoms with Crippen LogP contribution >= 0.6 is 0 Å². The van der Waals surface area contributed by atoms with Gasteiger partial charge in [-0.3, -0.25) is 10.0 Å². The van der Waals surface area contributed by atoms with Gasteiger partial charge in [0.25, 0.3) is 5.91 Å². The summed E-state index contributed by atoms with van der Waals surface area (Å²) in [4.78, 5) is 11.0. The zero-order valence-corrected chi connectivity index (χ0v) is 12.1. The summed E-state index contributed by atoms with van der Waals surface area (Å²) in [5, 5.41) is 27.6. The van der Waals surface area contributed by atoms with Gasteiger partial charge in [0.05, 0.1) is 12.7 Å². The molecule has 0 saturated heterocycles. The molecule has 1 atom stereocenters. The van der Waals surface area contributed by atoms with E-state index in [9.17, 15) is 9.90 Å². The van der Waals surface area contributed by atoms with Gasteiger partial charge < -0.3 is 14.9 Å². The summed E-state index contributed by atoms with van der Waals surface area (Å²) >= 11 is 0. The van der Waals surface area contributed by atoms with E-state index in [-0.39, 0.29) is 13.2 Å². The minimum atomic E-state index is -0.863. The maximum absolute atomic E-state index is 11.0. The number of aliphatic hydroxyl groups excluding tert-OH is 2. The van der Waals surface area contributed by atoms with Crippen molar-refractivity contribution in [3.63, 3.8) is 0 Å². The summed E-state index contributed by atoms with van der Waals surface area (Å²) in [6.45, 7) is 3.62. The Balaban J connectivity index is 2.88. The van der Waals surface area contributed by atoms with Gasteiger partial charge in [0.1, 0.15) is 12.4 Å². The standard InChI is InChI=1S/C15H21NO5/c1-15(2,7-6-13(18)16-20)14(19)11-4-3-5-12(10-11)21-9-8-17/h3-7,10,14,17,19-20H,8-9H2,1-2H3,(H,16,18)/b7-6+/t14-/m1/s1. The van der Waals surface area contributed by atoms with E-state index in [0.29, 0.717) is 11.3 Å². The highest BCUT2D eigenvalue weighted by atomic mass is 16.5. The second kappa shape index (κ2) is 7.78. The zero-order valence-electron chi connectivity index (χ0n) is 12.1. The molecule has 0 unspecified atom stereocenters. The normalized spacial score (nSPS) is 13.2. The van der Waals surface area contributed by atoms with E-state index in [1.165, 1.54) is 11.6 Å². The van der Waals surface area contributed by atoms with Crippen LogP contribution < -0.4 is 10.2 Å². The second-order valence-corrected chi connectivity index (χ2v) is 5.18. The van der Waals surface area contributed by atoms with Crippen molar-refractivity contribution >= 4 is 5.91 Å². The number of amides is 1. The van der Waals surface area contributed by atoms with Crippen LogP contribution in [0.3, 0.4) is 0 Å². The lowest BCUT2D eigenvalue weighted by Gasteiger charge is -2.27. The molecule has 1 amide bonds. The average molecular weight is 295 g/mol. The molecule has 0 aliphatic rings. The molecular weight excluding hydrogens is 274 g/mol. The number of benzene rings is 1. The molecule has 0 aromatic heterocycles. The molecule has 0 aliphatic carbocycles. The Morgan fingerprint density at radius 1 is 1.48 bits per heavy atom. The first-order chi connectivity index (χ1) is 9.90. The van der Waals surface area contributed by atoms with Crippen molar-refractivity contribution in [2.24, 2.45) is 5.41 Å². The van der Waals surface area contributed by atoms with Crippen LogP contribution in [0, 0.1) is 5.41 Å². The van der Waals surface area contributed by atoms with Crippen LogP contribution in [-0.2, 0) is 4.79 Å². The van der Waals surface area contributed by atoms with Crippen LogP contribution in [0.15, 0.2) is 36.4 Å². The Bertz CT molecular complexity index is 499. The quantitative estimate of drug-likeness (QED) is 0.344. The van der Waals surface area contributed by atoms with Crippen molar-refractivity contribution in [1.82, 2.24) is 5.48 Å². The third kappa shape index (κ3) is 5.18. The van der Waals surface area contributed by atoms with Crippen LogP contribution in [0.2, 0.25) is 0 Å². The van der Waals surface area contributed by atoms with Gasteiger partial charge in [0.15, 0.2) is 0 Å². The molecular formula is C15H21NO5. The largest absolute Gasteiger partial charge is 0.491 e. The van der Waals surface area contributed by atoms with E-state index >= 15 is 0 Å². The summed E-state index contributed by atoms with van der Waals surface area (Å²) in [5.41, 5.74) is 1.41. The molecule has 6 heteroatoms. The van der Waals surface area contributed by atoms with E-state index in [2.05, 4.69) is 0 Å². The SMILES string of the molecule is CC(C)(/C=C/C(=O)NO)[C@H](O)c1cccc(OCCO)c1. The summed E-state index contributed by atoms with van der Waals surface area (Å²) in [5.74, 6) is -0.108. The Labute approximate surface area is 123 Å². The molecule has 21 heavy (non-hydrogen) atoms.